The van der Waals surface area contributed by atoms with E-state index in [1.165, 1.54) is 5.01 Å². The minimum atomic E-state index is -1.14. The van der Waals surface area contributed by atoms with Crippen LogP contribution in [-0.2, 0) is 18.2 Å². The molecular formula is C25H36N4O3Si. The van der Waals surface area contributed by atoms with Crippen LogP contribution in [-0.4, -0.2) is 31.0 Å². The molecule has 0 spiro atoms. The summed E-state index contributed by atoms with van der Waals surface area (Å²) in [6.45, 7) is 9.99. The first-order valence-corrected chi connectivity index (χ1v) is 15.0. The van der Waals surface area contributed by atoms with Gasteiger partial charge in [-0.25, -0.2) is 5.84 Å². The van der Waals surface area contributed by atoms with Crippen LogP contribution in [0.15, 0.2) is 63.7 Å². The van der Waals surface area contributed by atoms with Crippen molar-refractivity contribution in [2.75, 3.05) is 13.3 Å². The molecule has 2 heterocycles. The number of aryl methyl sites for hydroxylation is 1. The van der Waals surface area contributed by atoms with Gasteiger partial charge in [-0.3, -0.25) is 9.80 Å². The third-order valence-electron chi connectivity index (χ3n) is 5.64. The van der Waals surface area contributed by atoms with Gasteiger partial charge in [-0.05, 0) is 17.7 Å². The Hall–Kier alpha value is -2.81. The van der Waals surface area contributed by atoms with Crippen LogP contribution in [0.3, 0.4) is 0 Å². The predicted octanol–water partition coefficient (Wildman–Crippen LogP) is 4.11. The number of aromatic nitrogens is 1. The van der Waals surface area contributed by atoms with Crippen molar-refractivity contribution in [1.82, 2.24) is 9.58 Å². The lowest BCUT2D eigenvalue weighted by molar-refractivity contribution is 0.0615. The zero-order chi connectivity index (χ0) is 24.2. The number of furan rings is 1. The van der Waals surface area contributed by atoms with Crippen LogP contribution in [0.5, 0.6) is 0 Å². The van der Waals surface area contributed by atoms with Crippen LogP contribution in [0, 0.1) is 0 Å². The average Bonchev–Trinajstić information content (AvgIpc) is 3.17. The molecule has 8 heteroatoms. The average molecular weight is 469 g/mol. The zero-order valence-electron chi connectivity index (χ0n) is 20.3. The number of hydrazine groups is 1. The Kier molecular flexibility index (Phi) is 7.83. The molecule has 0 aliphatic rings. The molecule has 1 aromatic carbocycles. The van der Waals surface area contributed by atoms with Crippen molar-refractivity contribution >= 4 is 19.0 Å². The molecule has 0 aliphatic heterocycles. The second-order valence-electron chi connectivity index (χ2n) is 9.83. The first-order valence-electron chi connectivity index (χ1n) is 11.3. The summed E-state index contributed by atoms with van der Waals surface area (Å²) in [6.07, 6.45) is 3.85. The topological polar surface area (TPSA) is 99.7 Å². The first-order chi connectivity index (χ1) is 15.5. The molecule has 3 aromatic rings. The standard InChI is InChI=1S/C25H36N4O3Si/c1-18(19-9-7-6-8-10-19)23-16-28(2)25(30)22-14-21(32-24(22)23)13-20(26)15-29(27)17-31-11-12-33(3,4)5/h6-10,14-16,18H,11-13,17,26-27H2,1-5H3/b20-15+. The lowest BCUT2D eigenvalue weighted by Gasteiger charge is -2.18. The molecule has 1 unspecified atom stereocenters. The second kappa shape index (κ2) is 10.4. The predicted molar refractivity (Wildman–Crippen MR) is 136 cm³/mol. The van der Waals surface area contributed by atoms with Crippen molar-refractivity contribution in [3.05, 3.63) is 81.7 Å². The fourth-order valence-corrected chi connectivity index (χ4v) is 4.45. The number of hydrogen-bond donors (Lipinski definition) is 2. The van der Waals surface area contributed by atoms with Gasteiger partial charge in [0.25, 0.3) is 5.56 Å². The number of pyridine rings is 1. The largest absolute Gasteiger partial charge is 0.460 e. The molecule has 1 atom stereocenters. The van der Waals surface area contributed by atoms with Gasteiger partial charge in [0.15, 0.2) is 0 Å². The molecule has 0 saturated carbocycles. The maximum absolute atomic E-state index is 12.7. The number of benzene rings is 1. The van der Waals surface area contributed by atoms with E-state index in [1.807, 2.05) is 24.4 Å². The van der Waals surface area contributed by atoms with Crippen LogP contribution in [0.2, 0.25) is 25.7 Å². The quantitative estimate of drug-likeness (QED) is 0.153. The Bertz CT molecular complexity index is 1160. The van der Waals surface area contributed by atoms with Gasteiger partial charge < -0.3 is 19.5 Å². The molecule has 7 nitrogen and oxygen atoms in total. The summed E-state index contributed by atoms with van der Waals surface area (Å²) < 4.78 is 13.4. The van der Waals surface area contributed by atoms with Gasteiger partial charge in [-0.15, -0.1) is 0 Å². The number of hydrogen-bond acceptors (Lipinski definition) is 6. The van der Waals surface area contributed by atoms with Crippen LogP contribution >= 0.6 is 0 Å². The van der Waals surface area contributed by atoms with Crippen LogP contribution in [0.25, 0.3) is 11.0 Å². The van der Waals surface area contributed by atoms with E-state index in [0.29, 0.717) is 35.5 Å². The van der Waals surface area contributed by atoms with Crippen molar-refractivity contribution in [3.63, 3.8) is 0 Å². The molecule has 0 fully saturated rings. The fraction of sp³-hybridized carbons (Fsp3) is 0.400. The van der Waals surface area contributed by atoms with E-state index >= 15 is 0 Å². The van der Waals surface area contributed by atoms with Gasteiger partial charge in [-0.1, -0.05) is 56.9 Å². The zero-order valence-corrected chi connectivity index (χ0v) is 21.3. The second-order valence-corrected chi connectivity index (χ2v) is 15.5. The van der Waals surface area contributed by atoms with E-state index in [0.717, 1.165) is 17.2 Å². The normalized spacial score (nSPS) is 13.5. The SMILES string of the molecule is CC(c1ccccc1)c1cn(C)c(=O)c2cc(C/C(N)=C\N(N)COCC[Si](C)(C)C)oc12. The Balaban J connectivity index is 1.77. The molecule has 0 radical (unpaired) electrons. The Morgan fingerprint density at radius 3 is 2.64 bits per heavy atom. The smallest absolute Gasteiger partial charge is 0.261 e. The minimum Gasteiger partial charge on any atom is -0.460 e. The van der Waals surface area contributed by atoms with Gasteiger partial charge in [0, 0.05) is 57.7 Å². The molecule has 4 N–H and O–H groups in total. The number of nitrogens with two attached hydrogens (primary N) is 2. The molecule has 0 aliphatic carbocycles. The lowest BCUT2D eigenvalue weighted by Crippen LogP contribution is -2.31. The van der Waals surface area contributed by atoms with E-state index in [9.17, 15) is 4.79 Å². The van der Waals surface area contributed by atoms with E-state index in [-0.39, 0.29) is 18.2 Å². The third kappa shape index (κ3) is 6.60. The molecule has 33 heavy (non-hydrogen) atoms. The minimum absolute atomic E-state index is 0.0697. The molecule has 0 bridgehead atoms. The number of rotatable bonds is 10. The van der Waals surface area contributed by atoms with E-state index in [2.05, 4.69) is 38.7 Å². The highest BCUT2D eigenvalue weighted by atomic mass is 28.3. The highest BCUT2D eigenvalue weighted by molar-refractivity contribution is 6.76. The summed E-state index contributed by atoms with van der Waals surface area (Å²) >= 11 is 0. The van der Waals surface area contributed by atoms with Gasteiger partial charge >= 0.3 is 0 Å². The van der Waals surface area contributed by atoms with Crippen LogP contribution in [0.1, 0.15) is 29.7 Å². The molecule has 0 amide bonds. The number of ether oxygens (including phenoxy) is 1. The van der Waals surface area contributed by atoms with Gasteiger partial charge in [0.1, 0.15) is 18.1 Å². The summed E-state index contributed by atoms with van der Waals surface area (Å²) in [6, 6.07) is 13.0. The lowest BCUT2D eigenvalue weighted by atomic mass is 9.93. The van der Waals surface area contributed by atoms with E-state index in [1.54, 1.807) is 23.9 Å². The van der Waals surface area contributed by atoms with Gasteiger partial charge in [0.2, 0.25) is 0 Å². The van der Waals surface area contributed by atoms with Crippen LogP contribution < -0.4 is 17.1 Å². The third-order valence-corrected chi connectivity index (χ3v) is 7.35. The van der Waals surface area contributed by atoms with Gasteiger partial charge in [0.05, 0.1) is 5.39 Å². The number of fused-ring (bicyclic) bond motifs is 1. The maximum Gasteiger partial charge on any atom is 0.261 e. The van der Waals surface area contributed by atoms with Crippen molar-refractivity contribution < 1.29 is 9.15 Å². The summed E-state index contributed by atoms with van der Waals surface area (Å²) in [5.41, 5.74) is 9.36. The Morgan fingerprint density at radius 2 is 1.97 bits per heavy atom. The maximum atomic E-state index is 12.7. The monoisotopic (exact) mass is 468 g/mol. The first kappa shape index (κ1) is 24.8. The van der Waals surface area contributed by atoms with Crippen molar-refractivity contribution in [2.24, 2.45) is 18.6 Å². The van der Waals surface area contributed by atoms with Crippen molar-refractivity contribution in [2.45, 2.75) is 44.9 Å². The summed E-state index contributed by atoms with van der Waals surface area (Å²) in [5, 5.41) is 1.99. The number of allylic oxidation sites excluding steroid dienone is 1. The fourth-order valence-electron chi connectivity index (χ4n) is 3.69. The molecule has 2 aromatic heterocycles. The molecule has 178 valence electrons. The van der Waals surface area contributed by atoms with E-state index in [4.69, 9.17) is 20.7 Å². The molecule has 0 saturated heterocycles. The van der Waals surface area contributed by atoms with E-state index < -0.39 is 8.07 Å². The van der Waals surface area contributed by atoms with Crippen LogP contribution in [0.4, 0.5) is 0 Å². The molecular weight excluding hydrogens is 432 g/mol. The van der Waals surface area contributed by atoms with Crippen molar-refractivity contribution in [1.29, 1.82) is 0 Å². The Labute approximate surface area is 196 Å². The highest BCUT2D eigenvalue weighted by Gasteiger charge is 2.19. The highest BCUT2D eigenvalue weighted by Crippen LogP contribution is 2.31. The van der Waals surface area contributed by atoms with Crippen molar-refractivity contribution in [3.8, 4) is 0 Å². The molecule has 3 rings (SSSR count). The summed E-state index contributed by atoms with van der Waals surface area (Å²) in [7, 11) is 0.626. The summed E-state index contributed by atoms with van der Waals surface area (Å²) in [4.78, 5) is 12.7. The Morgan fingerprint density at radius 1 is 1.27 bits per heavy atom. The van der Waals surface area contributed by atoms with Gasteiger partial charge in [-0.2, -0.15) is 0 Å². The summed E-state index contributed by atoms with van der Waals surface area (Å²) in [5.74, 6) is 6.70. The number of nitrogens with zero attached hydrogens (tertiary/aromatic N) is 2.